The molecule has 1 N–H and O–H groups in total. The number of alkyl halides is 3. The zero-order valence-corrected chi connectivity index (χ0v) is 14.9. The number of aromatic nitrogens is 2. The van der Waals surface area contributed by atoms with Crippen LogP contribution in [0.1, 0.15) is 60.9 Å². The van der Waals surface area contributed by atoms with E-state index in [-0.39, 0.29) is 29.9 Å². The van der Waals surface area contributed by atoms with Gasteiger partial charge in [-0.05, 0) is 38.3 Å². The zero-order valence-electron chi connectivity index (χ0n) is 14.9. The van der Waals surface area contributed by atoms with Crippen molar-refractivity contribution >= 4 is 11.7 Å². The Kier molecular flexibility index (Phi) is 4.39. The number of carbonyl (C=O) groups is 1. The first-order valence-corrected chi connectivity index (χ1v) is 9.12. The largest absolute Gasteiger partial charge is 0.467 e. The summed E-state index contributed by atoms with van der Waals surface area (Å²) in [5.74, 6) is 0.286. The molecule has 2 aromatic rings. The molecule has 3 atom stereocenters. The fourth-order valence-electron chi connectivity index (χ4n) is 3.90. The number of fused-ring (bicyclic) bond motifs is 1. The summed E-state index contributed by atoms with van der Waals surface area (Å²) in [5.41, 5.74) is 0.0422. The molecule has 1 fully saturated rings. The molecule has 27 heavy (non-hydrogen) atoms. The molecule has 6 nitrogen and oxygen atoms in total. The summed E-state index contributed by atoms with van der Waals surface area (Å²) in [7, 11) is 0. The summed E-state index contributed by atoms with van der Waals surface area (Å²) >= 11 is 0. The van der Waals surface area contributed by atoms with Crippen molar-refractivity contribution in [2.45, 2.75) is 56.9 Å². The Labute approximate surface area is 154 Å². The lowest BCUT2D eigenvalue weighted by atomic mass is 10.0. The minimum Gasteiger partial charge on any atom is -0.467 e. The highest BCUT2D eigenvalue weighted by molar-refractivity contribution is 5.93. The van der Waals surface area contributed by atoms with E-state index in [1.807, 2.05) is 6.92 Å². The fourth-order valence-corrected chi connectivity index (χ4v) is 3.90. The van der Waals surface area contributed by atoms with Crippen LogP contribution in [0.3, 0.4) is 0 Å². The van der Waals surface area contributed by atoms with Gasteiger partial charge < -0.3 is 14.6 Å². The minimum absolute atomic E-state index is 0.0422. The van der Waals surface area contributed by atoms with E-state index < -0.39 is 18.3 Å². The molecule has 0 radical (unpaired) electrons. The Morgan fingerprint density at radius 3 is 2.85 bits per heavy atom. The smallest absolute Gasteiger partial charge is 0.410 e. The lowest BCUT2D eigenvalue weighted by Crippen LogP contribution is -2.42. The number of hydrogen-bond donors (Lipinski definition) is 1. The number of nitrogens with zero attached hydrogens (tertiary/aromatic N) is 3. The molecule has 2 aliphatic rings. The Balaban J connectivity index is 1.66. The molecule has 4 rings (SSSR count). The van der Waals surface area contributed by atoms with E-state index in [0.717, 1.165) is 23.9 Å². The summed E-state index contributed by atoms with van der Waals surface area (Å²) < 4.78 is 47.1. The maximum atomic E-state index is 13.6. The van der Waals surface area contributed by atoms with Crippen LogP contribution in [-0.4, -0.2) is 39.4 Å². The first-order chi connectivity index (χ1) is 12.8. The third kappa shape index (κ3) is 3.30. The summed E-state index contributed by atoms with van der Waals surface area (Å²) in [6, 6.07) is 2.30. The van der Waals surface area contributed by atoms with Gasteiger partial charge in [0.25, 0.3) is 5.91 Å². The Hall–Kier alpha value is -2.45. The van der Waals surface area contributed by atoms with E-state index in [4.69, 9.17) is 4.42 Å². The summed E-state index contributed by atoms with van der Waals surface area (Å²) in [6.45, 7) is 2.56. The van der Waals surface area contributed by atoms with Crippen LogP contribution in [0.25, 0.3) is 0 Å². The predicted octanol–water partition coefficient (Wildman–Crippen LogP) is 4.15. The van der Waals surface area contributed by atoms with Crippen molar-refractivity contribution in [1.82, 2.24) is 14.7 Å². The van der Waals surface area contributed by atoms with Gasteiger partial charge in [-0.1, -0.05) is 0 Å². The molecule has 2 aliphatic heterocycles. The second-order valence-corrected chi connectivity index (χ2v) is 7.21. The Bertz CT molecular complexity index is 815. The molecule has 9 heteroatoms. The van der Waals surface area contributed by atoms with Crippen LogP contribution < -0.4 is 5.32 Å². The molecular weight excluding hydrogens is 361 g/mol. The van der Waals surface area contributed by atoms with Gasteiger partial charge in [-0.2, -0.15) is 18.3 Å². The van der Waals surface area contributed by atoms with Crippen LogP contribution >= 0.6 is 0 Å². The minimum atomic E-state index is -4.48. The molecule has 4 heterocycles. The molecule has 1 amide bonds. The molecule has 0 spiro atoms. The van der Waals surface area contributed by atoms with Gasteiger partial charge in [-0.25, -0.2) is 4.68 Å². The molecule has 0 bridgehead atoms. The Morgan fingerprint density at radius 1 is 1.37 bits per heavy atom. The van der Waals surface area contributed by atoms with Gasteiger partial charge in [0, 0.05) is 25.1 Å². The lowest BCUT2D eigenvalue weighted by molar-refractivity contribution is -0.174. The van der Waals surface area contributed by atoms with Gasteiger partial charge in [0.15, 0.2) is 11.7 Å². The van der Waals surface area contributed by atoms with Crippen molar-refractivity contribution in [3.63, 3.8) is 0 Å². The van der Waals surface area contributed by atoms with Crippen molar-refractivity contribution in [3.8, 4) is 0 Å². The molecular formula is C18H21F3N4O2. The van der Waals surface area contributed by atoms with Crippen LogP contribution in [-0.2, 0) is 0 Å². The first kappa shape index (κ1) is 17.9. The van der Waals surface area contributed by atoms with Crippen molar-refractivity contribution in [2.75, 3.05) is 11.9 Å². The molecule has 2 aromatic heterocycles. The van der Waals surface area contributed by atoms with E-state index >= 15 is 0 Å². The highest BCUT2D eigenvalue weighted by Gasteiger charge is 2.47. The van der Waals surface area contributed by atoms with E-state index in [1.54, 1.807) is 17.0 Å². The van der Waals surface area contributed by atoms with E-state index in [2.05, 4.69) is 10.4 Å². The van der Waals surface area contributed by atoms with Crippen LogP contribution in [0.5, 0.6) is 0 Å². The normalized spacial score (nSPS) is 25.8. The van der Waals surface area contributed by atoms with Crippen LogP contribution in [0.15, 0.2) is 28.9 Å². The van der Waals surface area contributed by atoms with E-state index in [9.17, 15) is 18.0 Å². The second-order valence-electron chi connectivity index (χ2n) is 7.21. The molecule has 0 unspecified atom stereocenters. The van der Waals surface area contributed by atoms with E-state index in [0.29, 0.717) is 12.3 Å². The lowest BCUT2D eigenvalue weighted by Gasteiger charge is -2.33. The quantitative estimate of drug-likeness (QED) is 0.848. The maximum Gasteiger partial charge on any atom is 0.410 e. The van der Waals surface area contributed by atoms with Gasteiger partial charge in [-0.15, -0.1) is 0 Å². The third-order valence-corrected chi connectivity index (χ3v) is 5.36. The Morgan fingerprint density at radius 2 is 2.19 bits per heavy atom. The number of likely N-dealkylation sites (tertiary alicyclic amines) is 1. The van der Waals surface area contributed by atoms with Crippen molar-refractivity contribution in [1.29, 1.82) is 0 Å². The topological polar surface area (TPSA) is 63.3 Å². The number of carbonyl (C=O) groups excluding carboxylic acids is 1. The first-order valence-electron chi connectivity index (χ1n) is 9.12. The molecule has 1 saturated heterocycles. The SMILES string of the molecule is C[C@@H]1CCCCN1C(=O)c1cc2n(n1)[C@@H](C(F)(F)F)C[C@H](c1ccco1)N2. The maximum absolute atomic E-state index is 13.6. The van der Waals surface area contributed by atoms with Crippen molar-refractivity contribution in [2.24, 2.45) is 0 Å². The monoisotopic (exact) mass is 382 g/mol. The van der Waals surface area contributed by atoms with Gasteiger partial charge in [0.05, 0.1) is 12.3 Å². The molecule has 0 saturated carbocycles. The summed E-state index contributed by atoms with van der Waals surface area (Å²) in [4.78, 5) is 14.5. The van der Waals surface area contributed by atoms with Crippen LogP contribution in [0.2, 0.25) is 0 Å². The average Bonchev–Trinajstić information content (AvgIpc) is 3.29. The van der Waals surface area contributed by atoms with Gasteiger partial charge in [0.1, 0.15) is 11.6 Å². The van der Waals surface area contributed by atoms with Gasteiger partial charge in [0.2, 0.25) is 0 Å². The zero-order chi connectivity index (χ0) is 19.2. The second kappa shape index (κ2) is 6.61. The van der Waals surface area contributed by atoms with E-state index in [1.165, 1.54) is 12.3 Å². The fraction of sp³-hybridized carbons (Fsp3) is 0.556. The number of anilines is 1. The highest BCUT2D eigenvalue weighted by atomic mass is 19.4. The number of halogens is 3. The number of rotatable bonds is 2. The molecule has 0 aliphatic carbocycles. The molecule has 0 aromatic carbocycles. The number of furan rings is 1. The van der Waals surface area contributed by atoms with Crippen molar-refractivity contribution < 1.29 is 22.4 Å². The summed E-state index contributed by atoms with van der Waals surface area (Å²) in [6.07, 6.45) is -0.464. The number of nitrogens with one attached hydrogen (secondary N) is 1. The number of amides is 1. The van der Waals surface area contributed by atoms with Crippen molar-refractivity contribution in [3.05, 3.63) is 35.9 Å². The highest BCUT2D eigenvalue weighted by Crippen LogP contribution is 2.43. The molecule has 146 valence electrons. The third-order valence-electron chi connectivity index (χ3n) is 5.36. The number of piperidine rings is 1. The summed E-state index contributed by atoms with van der Waals surface area (Å²) in [5, 5.41) is 7.06. The average molecular weight is 382 g/mol. The van der Waals surface area contributed by atoms with Gasteiger partial charge >= 0.3 is 6.18 Å². The van der Waals surface area contributed by atoms with Crippen LogP contribution in [0, 0.1) is 0 Å². The van der Waals surface area contributed by atoms with Crippen LogP contribution in [0.4, 0.5) is 19.0 Å². The predicted molar refractivity (Wildman–Crippen MR) is 91.4 cm³/mol. The number of hydrogen-bond acceptors (Lipinski definition) is 4. The standard InChI is InChI=1S/C18H21F3N4O2/c1-11-5-2-3-7-24(11)17(26)13-10-16-22-12(14-6-4-8-27-14)9-15(18(19,20)21)25(16)23-13/h4,6,8,10-12,15,22H,2-3,5,7,9H2,1H3/t11-,12-,15-/m1/s1. The van der Waals surface area contributed by atoms with Gasteiger partial charge in [-0.3, -0.25) is 4.79 Å².